The minimum Gasteiger partial charge on any atom is -0.486 e. The van der Waals surface area contributed by atoms with Gasteiger partial charge in [-0.1, -0.05) is 11.6 Å². The minimum absolute atomic E-state index is 0.00543. The van der Waals surface area contributed by atoms with E-state index < -0.39 is 20.5 Å². The van der Waals surface area contributed by atoms with E-state index >= 15 is 0 Å². The van der Waals surface area contributed by atoms with Gasteiger partial charge >= 0.3 is 5.76 Å². The van der Waals surface area contributed by atoms with Crippen LogP contribution in [-0.4, -0.2) is 25.1 Å². The summed E-state index contributed by atoms with van der Waals surface area (Å²) >= 11 is 7.17. The summed E-state index contributed by atoms with van der Waals surface area (Å²) < 4.78 is 53.5. The Balaban J connectivity index is 1.53. The molecule has 0 aliphatic heterocycles. The molecule has 0 saturated heterocycles. The van der Waals surface area contributed by atoms with Gasteiger partial charge in [0.05, 0.1) is 17.0 Å². The quantitative estimate of drug-likeness (QED) is 0.519. The third-order valence-corrected chi connectivity index (χ3v) is 6.34. The van der Waals surface area contributed by atoms with E-state index in [-0.39, 0.29) is 24.6 Å². The molecule has 0 spiro atoms. The highest BCUT2D eigenvalue weighted by atomic mass is 35.5. The van der Waals surface area contributed by atoms with Gasteiger partial charge in [0.2, 0.25) is 15.7 Å². The number of carbonyl (C=O) groups excluding carboxylic acids is 1. The highest BCUT2D eigenvalue weighted by molar-refractivity contribution is 7.91. The molecule has 0 bridgehead atoms. The molecule has 3 rings (SSSR count). The van der Waals surface area contributed by atoms with Crippen molar-refractivity contribution in [2.75, 3.05) is 5.32 Å². The molecule has 1 amide bonds. The molecule has 0 aliphatic carbocycles. The normalized spacial score (nSPS) is 11.5. The van der Waals surface area contributed by atoms with Crippen LogP contribution in [0.4, 0.5) is 14.5 Å². The first-order valence-corrected chi connectivity index (χ1v) is 11.3. The van der Waals surface area contributed by atoms with Crippen molar-refractivity contribution in [3.8, 4) is 5.75 Å². The maximum Gasteiger partial charge on any atom is 0.341 e. The highest BCUT2D eigenvalue weighted by Crippen LogP contribution is 2.21. The fraction of sp³-hybridized carbons (Fsp3) is 0.158. The van der Waals surface area contributed by atoms with Crippen LogP contribution in [0.3, 0.4) is 0 Å². The lowest BCUT2D eigenvalue weighted by atomic mass is 10.3. The Hall–Kier alpha value is -2.56. The maximum absolute atomic E-state index is 12.5. The number of alkyl halides is 2. The number of aromatic nitrogens is 1. The van der Waals surface area contributed by atoms with Crippen molar-refractivity contribution in [2.24, 2.45) is 0 Å². The topological polar surface area (TPSA) is 85.4 Å². The number of rotatable bonds is 8. The summed E-state index contributed by atoms with van der Waals surface area (Å²) in [5, 5.41) is 5.60. The van der Waals surface area contributed by atoms with E-state index in [0.29, 0.717) is 21.5 Å². The SMILES string of the molecule is O=C(Cc1csc(COc2ccc(Cl)cc2)n1)Nc1ccc(S(=O)(=O)C(F)F)cc1. The lowest BCUT2D eigenvalue weighted by Gasteiger charge is -2.06. The Kier molecular flexibility index (Phi) is 7.01. The summed E-state index contributed by atoms with van der Waals surface area (Å²) in [6.07, 6.45) is -0.00543. The lowest BCUT2D eigenvalue weighted by Crippen LogP contribution is -2.15. The molecule has 3 aromatic rings. The van der Waals surface area contributed by atoms with E-state index in [9.17, 15) is 22.0 Å². The molecule has 0 fully saturated rings. The van der Waals surface area contributed by atoms with Gasteiger partial charge in [0.25, 0.3) is 0 Å². The Morgan fingerprint density at radius 2 is 1.80 bits per heavy atom. The number of nitrogens with zero attached hydrogens (tertiary/aromatic N) is 1. The second kappa shape index (κ2) is 9.50. The molecular formula is C19H15ClF2N2O4S2. The molecule has 158 valence electrons. The molecule has 2 aromatic carbocycles. The second-order valence-corrected chi connectivity index (χ2v) is 9.33. The number of thiazole rings is 1. The summed E-state index contributed by atoms with van der Waals surface area (Å²) in [6.45, 7) is 0.244. The zero-order chi connectivity index (χ0) is 21.7. The Labute approximate surface area is 180 Å². The van der Waals surface area contributed by atoms with Crippen molar-refractivity contribution in [3.05, 3.63) is 69.6 Å². The second-order valence-electron chi connectivity index (χ2n) is 6.03. The Morgan fingerprint density at radius 3 is 2.43 bits per heavy atom. The van der Waals surface area contributed by atoms with Crippen LogP contribution in [0.2, 0.25) is 5.02 Å². The predicted molar refractivity (Wildman–Crippen MR) is 110 cm³/mol. The fourth-order valence-corrected chi connectivity index (χ4v) is 3.93. The zero-order valence-electron chi connectivity index (χ0n) is 15.2. The molecule has 0 aliphatic rings. The molecule has 11 heteroatoms. The van der Waals surface area contributed by atoms with Crippen molar-refractivity contribution in [1.29, 1.82) is 0 Å². The maximum atomic E-state index is 12.5. The first kappa shape index (κ1) is 22.1. The number of sulfone groups is 1. The van der Waals surface area contributed by atoms with Crippen LogP contribution >= 0.6 is 22.9 Å². The molecule has 0 radical (unpaired) electrons. The van der Waals surface area contributed by atoms with Gasteiger partial charge in [-0.15, -0.1) is 11.3 Å². The van der Waals surface area contributed by atoms with E-state index in [1.54, 1.807) is 29.6 Å². The molecular weight excluding hydrogens is 458 g/mol. The van der Waals surface area contributed by atoms with E-state index in [2.05, 4.69) is 10.3 Å². The number of anilines is 1. The van der Waals surface area contributed by atoms with Gasteiger partial charge in [0.15, 0.2) is 0 Å². The number of hydrogen-bond acceptors (Lipinski definition) is 6. The van der Waals surface area contributed by atoms with Crippen molar-refractivity contribution in [3.63, 3.8) is 0 Å². The molecule has 30 heavy (non-hydrogen) atoms. The van der Waals surface area contributed by atoms with E-state index in [1.807, 2.05) is 0 Å². The average Bonchev–Trinajstić information content (AvgIpc) is 3.15. The third kappa shape index (κ3) is 5.74. The fourth-order valence-electron chi connectivity index (χ4n) is 2.37. The first-order chi connectivity index (χ1) is 14.2. The summed E-state index contributed by atoms with van der Waals surface area (Å²) in [6, 6.07) is 11.4. The predicted octanol–water partition coefficient (Wildman–Crippen LogP) is 4.55. The van der Waals surface area contributed by atoms with Crippen LogP contribution in [0, 0.1) is 0 Å². The van der Waals surface area contributed by atoms with Crippen LogP contribution in [0.5, 0.6) is 5.75 Å². The van der Waals surface area contributed by atoms with Gasteiger partial charge in [-0.2, -0.15) is 8.78 Å². The largest absolute Gasteiger partial charge is 0.486 e. The van der Waals surface area contributed by atoms with Gasteiger partial charge in [-0.3, -0.25) is 4.79 Å². The lowest BCUT2D eigenvalue weighted by molar-refractivity contribution is -0.115. The van der Waals surface area contributed by atoms with E-state index in [1.165, 1.54) is 23.5 Å². The van der Waals surface area contributed by atoms with Gasteiger partial charge in [0, 0.05) is 16.1 Å². The van der Waals surface area contributed by atoms with Crippen molar-refractivity contribution >= 4 is 44.4 Å². The van der Waals surface area contributed by atoms with Crippen molar-refractivity contribution in [2.45, 2.75) is 23.7 Å². The summed E-state index contributed by atoms with van der Waals surface area (Å²) in [5.41, 5.74) is 0.832. The number of benzene rings is 2. The molecule has 1 heterocycles. The van der Waals surface area contributed by atoms with Gasteiger partial charge in [-0.25, -0.2) is 13.4 Å². The standard InChI is InChI=1S/C19H15ClF2N2O4S2/c20-12-1-5-15(6-2-12)28-10-18-24-14(11-29-18)9-17(25)23-13-3-7-16(8-4-13)30(26,27)19(21)22/h1-8,11,19H,9-10H2,(H,23,25). The number of nitrogens with one attached hydrogen (secondary N) is 1. The van der Waals surface area contributed by atoms with Gasteiger partial charge in [-0.05, 0) is 48.5 Å². The number of amides is 1. The van der Waals surface area contributed by atoms with Crippen molar-refractivity contribution in [1.82, 2.24) is 4.98 Å². The number of ether oxygens (including phenoxy) is 1. The molecule has 1 aromatic heterocycles. The Bertz CT molecular complexity index is 1120. The summed E-state index contributed by atoms with van der Waals surface area (Å²) in [5.74, 6) is -3.23. The number of halogens is 3. The Morgan fingerprint density at radius 1 is 1.13 bits per heavy atom. The molecule has 6 nitrogen and oxygen atoms in total. The first-order valence-electron chi connectivity index (χ1n) is 8.47. The number of hydrogen-bond donors (Lipinski definition) is 1. The highest BCUT2D eigenvalue weighted by Gasteiger charge is 2.26. The summed E-state index contributed by atoms with van der Waals surface area (Å²) in [4.78, 5) is 16.0. The molecule has 0 saturated carbocycles. The summed E-state index contributed by atoms with van der Waals surface area (Å²) in [7, 11) is -4.67. The van der Waals surface area contributed by atoms with Crippen molar-refractivity contribution < 1.29 is 26.7 Å². The van der Waals surface area contributed by atoms with E-state index in [4.69, 9.17) is 16.3 Å². The smallest absolute Gasteiger partial charge is 0.341 e. The third-order valence-electron chi connectivity index (χ3n) is 3.82. The van der Waals surface area contributed by atoms with Gasteiger partial charge in [0.1, 0.15) is 17.4 Å². The molecule has 0 unspecified atom stereocenters. The van der Waals surface area contributed by atoms with Crippen LogP contribution in [-0.2, 0) is 27.7 Å². The van der Waals surface area contributed by atoms with Crippen LogP contribution in [0.25, 0.3) is 0 Å². The van der Waals surface area contributed by atoms with Crippen LogP contribution < -0.4 is 10.1 Å². The minimum atomic E-state index is -4.67. The average molecular weight is 473 g/mol. The molecule has 0 atom stereocenters. The van der Waals surface area contributed by atoms with Gasteiger partial charge < -0.3 is 10.1 Å². The monoisotopic (exact) mass is 472 g/mol. The molecule has 1 N–H and O–H groups in total. The zero-order valence-corrected chi connectivity index (χ0v) is 17.6. The van der Waals surface area contributed by atoms with E-state index in [0.717, 1.165) is 12.1 Å². The number of carbonyl (C=O) groups is 1. The van der Waals surface area contributed by atoms with Crippen LogP contribution in [0.15, 0.2) is 58.8 Å². The van der Waals surface area contributed by atoms with Crippen LogP contribution in [0.1, 0.15) is 10.7 Å².